The third kappa shape index (κ3) is 2.61. The normalized spacial score (nSPS) is 25.1. The zero-order valence-corrected chi connectivity index (χ0v) is 10.8. The SMILES string of the molecule is c1ccc2c(c1)OCCC2NC1CCSCC1. The van der Waals surface area contributed by atoms with Crippen molar-refractivity contribution in [1.82, 2.24) is 5.32 Å². The molecular formula is C14H19NOS. The van der Waals surface area contributed by atoms with Gasteiger partial charge in [-0.2, -0.15) is 11.8 Å². The number of thioether (sulfide) groups is 1. The molecule has 1 unspecified atom stereocenters. The van der Waals surface area contributed by atoms with Crippen molar-refractivity contribution < 1.29 is 4.74 Å². The van der Waals surface area contributed by atoms with Crippen LogP contribution in [-0.4, -0.2) is 24.2 Å². The van der Waals surface area contributed by atoms with Gasteiger partial charge in [0.15, 0.2) is 0 Å². The number of ether oxygens (including phenoxy) is 1. The lowest BCUT2D eigenvalue weighted by molar-refractivity contribution is 0.241. The first-order valence-corrected chi connectivity index (χ1v) is 7.64. The summed E-state index contributed by atoms with van der Waals surface area (Å²) in [6.45, 7) is 0.843. The molecule has 0 aromatic heterocycles. The van der Waals surface area contributed by atoms with Crippen molar-refractivity contribution in [3.05, 3.63) is 29.8 Å². The fraction of sp³-hybridized carbons (Fsp3) is 0.571. The van der Waals surface area contributed by atoms with Crippen LogP contribution in [0.3, 0.4) is 0 Å². The van der Waals surface area contributed by atoms with Crippen molar-refractivity contribution in [1.29, 1.82) is 0 Å². The topological polar surface area (TPSA) is 21.3 Å². The van der Waals surface area contributed by atoms with Gasteiger partial charge in [0.25, 0.3) is 0 Å². The van der Waals surface area contributed by atoms with Gasteiger partial charge >= 0.3 is 0 Å². The van der Waals surface area contributed by atoms with Crippen molar-refractivity contribution in [3.63, 3.8) is 0 Å². The highest BCUT2D eigenvalue weighted by atomic mass is 32.2. The first-order chi connectivity index (χ1) is 8.43. The Labute approximate surface area is 107 Å². The van der Waals surface area contributed by atoms with Gasteiger partial charge in [0.05, 0.1) is 6.61 Å². The molecule has 1 fully saturated rings. The molecule has 92 valence electrons. The molecule has 2 heterocycles. The molecule has 0 amide bonds. The summed E-state index contributed by atoms with van der Waals surface area (Å²) >= 11 is 2.08. The second-order valence-electron chi connectivity index (χ2n) is 4.78. The molecule has 3 heteroatoms. The molecule has 0 saturated carbocycles. The number of benzene rings is 1. The highest BCUT2D eigenvalue weighted by Crippen LogP contribution is 2.32. The number of nitrogens with one attached hydrogen (secondary N) is 1. The minimum atomic E-state index is 0.494. The first kappa shape index (κ1) is 11.4. The Morgan fingerprint density at radius 2 is 1.94 bits per heavy atom. The van der Waals surface area contributed by atoms with Crippen molar-refractivity contribution in [2.75, 3.05) is 18.1 Å². The molecule has 2 nitrogen and oxygen atoms in total. The Morgan fingerprint density at radius 3 is 2.82 bits per heavy atom. The number of rotatable bonds is 2. The molecule has 17 heavy (non-hydrogen) atoms. The smallest absolute Gasteiger partial charge is 0.124 e. The van der Waals surface area contributed by atoms with Crippen LogP contribution < -0.4 is 10.1 Å². The summed E-state index contributed by atoms with van der Waals surface area (Å²) in [6.07, 6.45) is 3.72. The van der Waals surface area contributed by atoms with Crippen LogP contribution in [-0.2, 0) is 0 Å². The van der Waals surface area contributed by atoms with Gasteiger partial charge in [-0.25, -0.2) is 0 Å². The van der Waals surface area contributed by atoms with E-state index in [0.717, 1.165) is 18.8 Å². The van der Waals surface area contributed by atoms with E-state index in [2.05, 4.69) is 41.3 Å². The van der Waals surface area contributed by atoms with E-state index in [1.54, 1.807) is 0 Å². The van der Waals surface area contributed by atoms with E-state index in [9.17, 15) is 0 Å². The van der Waals surface area contributed by atoms with Gasteiger partial charge in [-0.15, -0.1) is 0 Å². The summed E-state index contributed by atoms with van der Waals surface area (Å²) in [5.41, 5.74) is 1.34. The zero-order chi connectivity index (χ0) is 11.5. The third-order valence-corrected chi connectivity index (χ3v) is 4.67. The largest absolute Gasteiger partial charge is 0.493 e. The van der Waals surface area contributed by atoms with Gasteiger partial charge in [-0.3, -0.25) is 0 Å². The molecule has 2 aliphatic rings. The molecular weight excluding hydrogens is 230 g/mol. The summed E-state index contributed by atoms with van der Waals surface area (Å²) in [4.78, 5) is 0. The molecule has 3 rings (SSSR count). The van der Waals surface area contributed by atoms with Gasteiger partial charge in [0.2, 0.25) is 0 Å². The minimum absolute atomic E-state index is 0.494. The highest BCUT2D eigenvalue weighted by Gasteiger charge is 2.24. The minimum Gasteiger partial charge on any atom is -0.493 e. The van der Waals surface area contributed by atoms with Gasteiger partial charge in [0.1, 0.15) is 5.75 Å². The second kappa shape index (κ2) is 5.32. The summed E-state index contributed by atoms with van der Waals surface area (Å²) in [5.74, 6) is 3.69. The summed E-state index contributed by atoms with van der Waals surface area (Å²) in [5, 5.41) is 3.82. The van der Waals surface area contributed by atoms with Crippen LogP contribution in [0.1, 0.15) is 30.9 Å². The third-order valence-electron chi connectivity index (χ3n) is 3.62. The Balaban J connectivity index is 1.71. The lowest BCUT2D eigenvalue weighted by Crippen LogP contribution is -2.37. The van der Waals surface area contributed by atoms with Crippen LogP contribution in [0.15, 0.2) is 24.3 Å². The molecule has 1 saturated heterocycles. The van der Waals surface area contributed by atoms with Crippen LogP contribution in [0.2, 0.25) is 0 Å². The molecule has 1 aromatic rings. The second-order valence-corrected chi connectivity index (χ2v) is 6.01. The quantitative estimate of drug-likeness (QED) is 0.870. The predicted molar refractivity (Wildman–Crippen MR) is 72.8 cm³/mol. The number of fused-ring (bicyclic) bond motifs is 1. The monoisotopic (exact) mass is 249 g/mol. The van der Waals surface area contributed by atoms with Gasteiger partial charge in [-0.05, 0) is 30.4 Å². The average molecular weight is 249 g/mol. The fourth-order valence-electron chi connectivity index (χ4n) is 2.66. The zero-order valence-electron chi connectivity index (χ0n) is 10.0. The van der Waals surface area contributed by atoms with E-state index in [4.69, 9.17) is 4.74 Å². The molecule has 0 spiro atoms. The van der Waals surface area contributed by atoms with Crippen LogP contribution in [0.4, 0.5) is 0 Å². The lowest BCUT2D eigenvalue weighted by Gasteiger charge is -2.32. The Kier molecular flexibility index (Phi) is 3.57. The highest BCUT2D eigenvalue weighted by molar-refractivity contribution is 7.99. The molecule has 1 N–H and O–H groups in total. The summed E-state index contributed by atoms with van der Waals surface area (Å²) in [6, 6.07) is 9.64. The maximum atomic E-state index is 5.70. The lowest BCUT2D eigenvalue weighted by atomic mass is 9.98. The molecule has 0 bridgehead atoms. The number of hydrogen-bond donors (Lipinski definition) is 1. The van der Waals surface area contributed by atoms with Gasteiger partial charge in [0, 0.05) is 24.1 Å². The maximum absolute atomic E-state index is 5.70. The van der Waals surface area contributed by atoms with Crippen LogP contribution in [0.5, 0.6) is 5.75 Å². The van der Waals surface area contributed by atoms with Crippen molar-refractivity contribution in [3.8, 4) is 5.75 Å². The summed E-state index contributed by atoms with van der Waals surface area (Å²) in [7, 11) is 0. The molecule has 0 radical (unpaired) electrons. The van der Waals surface area contributed by atoms with E-state index in [1.807, 2.05) is 0 Å². The van der Waals surface area contributed by atoms with E-state index in [1.165, 1.54) is 29.9 Å². The predicted octanol–water partition coefficient (Wildman–Crippen LogP) is 3.00. The molecule has 0 aliphatic carbocycles. The molecule has 1 aromatic carbocycles. The average Bonchev–Trinajstić information content (AvgIpc) is 2.40. The van der Waals surface area contributed by atoms with E-state index < -0.39 is 0 Å². The molecule has 2 aliphatic heterocycles. The number of para-hydroxylation sites is 1. The fourth-order valence-corrected chi connectivity index (χ4v) is 3.77. The maximum Gasteiger partial charge on any atom is 0.124 e. The Hall–Kier alpha value is -0.670. The van der Waals surface area contributed by atoms with E-state index in [-0.39, 0.29) is 0 Å². The summed E-state index contributed by atoms with van der Waals surface area (Å²) < 4.78 is 5.70. The molecule has 1 atom stereocenters. The van der Waals surface area contributed by atoms with Crippen molar-refractivity contribution >= 4 is 11.8 Å². The van der Waals surface area contributed by atoms with Crippen molar-refractivity contribution in [2.45, 2.75) is 31.3 Å². The van der Waals surface area contributed by atoms with E-state index >= 15 is 0 Å². The van der Waals surface area contributed by atoms with E-state index in [0.29, 0.717) is 12.1 Å². The van der Waals surface area contributed by atoms with Crippen LogP contribution in [0.25, 0.3) is 0 Å². The number of hydrogen-bond acceptors (Lipinski definition) is 3. The standard InChI is InChI=1S/C14H19NOS/c1-2-4-14-12(3-1)13(5-8-16-14)15-11-6-9-17-10-7-11/h1-4,11,13,15H,5-10H2. The van der Waals surface area contributed by atoms with Crippen LogP contribution >= 0.6 is 11.8 Å². The first-order valence-electron chi connectivity index (χ1n) is 6.49. The Bertz CT molecular complexity index is 376. The van der Waals surface area contributed by atoms with Crippen LogP contribution in [0, 0.1) is 0 Å². The van der Waals surface area contributed by atoms with Crippen molar-refractivity contribution in [2.24, 2.45) is 0 Å². The Morgan fingerprint density at radius 1 is 1.12 bits per heavy atom. The van der Waals surface area contributed by atoms with Gasteiger partial charge < -0.3 is 10.1 Å². The van der Waals surface area contributed by atoms with Gasteiger partial charge in [-0.1, -0.05) is 18.2 Å².